The van der Waals surface area contributed by atoms with Crippen LogP contribution in [0.25, 0.3) is 11.1 Å². The summed E-state index contributed by atoms with van der Waals surface area (Å²) in [5.74, 6) is -0.171. The molecule has 2 aliphatic rings. The van der Waals surface area contributed by atoms with E-state index in [1.165, 1.54) is 22.4 Å². The van der Waals surface area contributed by atoms with Gasteiger partial charge in [0.25, 0.3) is 0 Å². The molecule has 0 saturated carbocycles. The Morgan fingerprint density at radius 2 is 1.85 bits per heavy atom. The summed E-state index contributed by atoms with van der Waals surface area (Å²) in [7, 11) is -3.68. The summed E-state index contributed by atoms with van der Waals surface area (Å²) in [5.41, 5.74) is 5.36. The number of fused-ring (bicyclic) bond motifs is 1. The summed E-state index contributed by atoms with van der Waals surface area (Å²) in [6.07, 6.45) is 8.63. The molecule has 2 aromatic heterocycles. The Morgan fingerprint density at radius 1 is 1.03 bits per heavy atom. The standard InChI is InChI=1S/C26H28N2O4S/c1-19-24(20-8-3-2-4-9-20)23-12-5-6-13-28(23)25(19)26(29)21-10-7-11-22(18-21)33(30,31)27-14-16-32-17-15-27/h5-8,10-13,18H,2-4,9,14-17H2,1H3. The molecule has 0 unspecified atom stereocenters. The number of pyridine rings is 1. The second-order valence-corrected chi connectivity index (χ2v) is 10.6. The van der Waals surface area contributed by atoms with E-state index in [9.17, 15) is 13.2 Å². The number of nitrogens with zero attached hydrogens (tertiary/aromatic N) is 2. The number of morpholine rings is 1. The molecule has 6 nitrogen and oxygen atoms in total. The first-order chi connectivity index (χ1) is 16.0. The van der Waals surface area contributed by atoms with Gasteiger partial charge in [-0.3, -0.25) is 4.79 Å². The van der Waals surface area contributed by atoms with Crippen molar-refractivity contribution in [2.75, 3.05) is 26.3 Å². The molecule has 3 aromatic rings. The zero-order chi connectivity index (χ0) is 23.0. The predicted octanol–water partition coefficient (Wildman–Crippen LogP) is 4.46. The molecule has 1 aliphatic carbocycles. The number of hydrogen-bond donors (Lipinski definition) is 0. The van der Waals surface area contributed by atoms with Crippen molar-refractivity contribution in [3.8, 4) is 0 Å². The highest BCUT2D eigenvalue weighted by atomic mass is 32.2. The van der Waals surface area contributed by atoms with Gasteiger partial charge in [-0.25, -0.2) is 8.42 Å². The number of hydrogen-bond acceptors (Lipinski definition) is 4. The average Bonchev–Trinajstić information content (AvgIpc) is 3.16. The molecule has 0 amide bonds. The van der Waals surface area contributed by atoms with Crippen LogP contribution in [0.3, 0.4) is 0 Å². The minimum absolute atomic E-state index is 0.143. The predicted molar refractivity (Wildman–Crippen MR) is 128 cm³/mol. The molecule has 1 aliphatic heterocycles. The summed E-state index contributed by atoms with van der Waals surface area (Å²) < 4.78 is 34.9. The van der Waals surface area contributed by atoms with Crippen LogP contribution < -0.4 is 0 Å². The topological polar surface area (TPSA) is 68.1 Å². The Hall–Kier alpha value is -2.74. The van der Waals surface area contributed by atoms with Gasteiger partial charge < -0.3 is 9.14 Å². The number of sulfonamides is 1. The van der Waals surface area contributed by atoms with E-state index in [-0.39, 0.29) is 10.7 Å². The summed E-state index contributed by atoms with van der Waals surface area (Å²) in [5, 5.41) is 0. The fourth-order valence-corrected chi connectivity index (χ4v) is 6.41. The zero-order valence-corrected chi connectivity index (χ0v) is 19.6. The smallest absolute Gasteiger partial charge is 0.243 e. The average molecular weight is 465 g/mol. The fraction of sp³-hybridized carbons (Fsp3) is 0.346. The maximum Gasteiger partial charge on any atom is 0.243 e. The highest BCUT2D eigenvalue weighted by Gasteiger charge is 2.28. The number of aromatic nitrogens is 1. The molecule has 7 heteroatoms. The molecular formula is C26H28N2O4S. The van der Waals surface area contributed by atoms with Crippen molar-refractivity contribution in [1.29, 1.82) is 0 Å². The lowest BCUT2D eigenvalue weighted by atomic mass is 9.91. The number of allylic oxidation sites excluding steroid dienone is 2. The molecule has 5 rings (SSSR count). The molecule has 33 heavy (non-hydrogen) atoms. The molecule has 172 valence electrons. The van der Waals surface area contributed by atoms with E-state index in [1.54, 1.807) is 18.2 Å². The largest absolute Gasteiger partial charge is 0.379 e. The Bertz CT molecular complexity index is 1350. The first kappa shape index (κ1) is 22.1. The highest BCUT2D eigenvalue weighted by molar-refractivity contribution is 7.89. The lowest BCUT2D eigenvalue weighted by Crippen LogP contribution is -2.40. The molecule has 0 atom stereocenters. The van der Waals surface area contributed by atoms with Crippen molar-refractivity contribution in [3.63, 3.8) is 0 Å². The lowest BCUT2D eigenvalue weighted by Gasteiger charge is -2.26. The van der Waals surface area contributed by atoms with E-state index in [0.29, 0.717) is 37.6 Å². The third-order valence-electron chi connectivity index (χ3n) is 6.62. The van der Waals surface area contributed by atoms with Crippen molar-refractivity contribution >= 4 is 26.9 Å². The van der Waals surface area contributed by atoms with E-state index in [0.717, 1.165) is 35.9 Å². The van der Waals surface area contributed by atoms with Gasteiger partial charge >= 0.3 is 0 Å². The fourth-order valence-electron chi connectivity index (χ4n) is 4.95. The van der Waals surface area contributed by atoms with Crippen LogP contribution in [0.1, 0.15) is 52.9 Å². The van der Waals surface area contributed by atoms with Crippen LogP contribution in [-0.4, -0.2) is 49.2 Å². The van der Waals surface area contributed by atoms with Crippen LogP contribution in [-0.2, 0) is 14.8 Å². The first-order valence-electron chi connectivity index (χ1n) is 11.5. The van der Waals surface area contributed by atoms with Gasteiger partial charge in [0.15, 0.2) is 0 Å². The third kappa shape index (κ3) is 3.94. The van der Waals surface area contributed by atoms with Crippen LogP contribution in [0.15, 0.2) is 59.6 Å². The van der Waals surface area contributed by atoms with E-state index < -0.39 is 10.0 Å². The van der Waals surface area contributed by atoms with Gasteiger partial charge in [-0.1, -0.05) is 24.3 Å². The maximum absolute atomic E-state index is 13.8. The number of ether oxygens (including phenoxy) is 1. The molecule has 1 fully saturated rings. The summed E-state index contributed by atoms with van der Waals surface area (Å²) in [4.78, 5) is 13.9. The molecule has 3 heterocycles. The monoisotopic (exact) mass is 464 g/mol. The van der Waals surface area contributed by atoms with Crippen molar-refractivity contribution in [2.45, 2.75) is 37.5 Å². The van der Waals surface area contributed by atoms with Crippen molar-refractivity contribution < 1.29 is 17.9 Å². The molecule has 0 bridgehead atoms. The van der Waals surface area contributed by atoms with Gasteiger partial charge in [0.1, 0.15) is 0 Å². The van der Waals surface area contributed by atoms with Gasteiger partial charge in [-0.05, 0) is 68.0 Å². The number of carbonyl (C=O) groups excluding carboxylic acids is 1. The number of carbonyl (C=O) groups is 1. The summed E-state index contributed by atoms with van der Waals surface area (Å²) in [6, 6.07) is 12.4. The first-order valence-corrected chi connectivity index (χ1v) is 12.9. The SMILES string of the molecule is Cc1c(C2=CCCCC2)c2ccccn2c1C(=O)c1cccc(S(=O)(=O)N2CCOCC2)c1. The molecule has 1 aromatic carbocycles. The lowest BCUT2D eigenvalue weighted by molar-refractivity contribution is 0.0730. The van der Waals surface area contributed by atoms with Gasteiger partial charge in [0, 0.05) is 30.4 Å². The maximum atomic E-state index is 13.8. The van der Waals surface area contributed by atoms with Crippen LogP contribution in [0.4, 0.5) is 0 Å². The molecule has 0 N–H and O–H groups in total. The second-order valence-electron chi connectivity index (χ2n) is 8.65. The highest BCUT2D eigenvalue weighted by Crippen LogP contribution is 2.36. The van der Waals surface area contributed by atoms with Crippen LogP contribution in [0.2, 0.25) is 0 Å². The third-order valence-corrected chi connectivity index (χ3v) is 8.51. The normalized spacial score (nSPS) is 17.8. The minimum Gasteiger partial charge on any atom is -0.379 e. The van der Waals surface area contributed by atoms with Gasteiger partial charge in [-0.2, -0.15) is 4.31 Å². The van der Waals surface area contributed by atoms with E-state index in [2.05, 4.69) is 6.08 Å². The van der Waals surface area contributed by atoms with Gasteiger partial charge in [0.05, 0.1) is 29.3 Å². The number of rotatable bonds is 5. The van der Waals surface area contributed by atoms with Crippen LogP contribution >= 0.6 is 0 Å². The minimum atomic E-state index is -3.68. The summed E-state index contributed by atoms with van der Waals surface area (Å²) >= 11 is 0. The molecule has 0 spiro atoms. The van der Waals surface area contributed by atoms with Crippen LogP contribution in [0, 0.1) is 6.92 Å². The van der Waals surface area contributed by atoms with E-state index >= 15 is 0 Å². The Morgan fingerprint density at radius 3 is 2.61 bits per heavy atom. The molecular weight excluding hydrogens is 436 g/mol. The quantitative estimate of drug-likeness (QED) is 0.523. The Kier molecular flexibility index (Phi) is 5.95. The van der Waals surface area contributed by atoms with Crippen molar-refractivity contribution in [1.82, 2.24) is 8.71 Å². The summed E-state index contributed by atoms with van der Waals surface area (Å²) in [6.45, 7) is 3.40. The Balaban J connectivity index is 1.58. The van der Waals surface area contributed by atoms with E-state index in [4.69, 9.17) is 4.74 Å². The molecule has 1 saturated heterocycles. The second kappa shape index (κ2) is 8.89. The number of ketones is 1. The van der Waals surface area contributed by atoms with Crippen LogP contribution in [0.5, 0.6) is 0 Å². The zero-order valence-electron chi connectivity index (χ0n) is 18.8. The number of benzene rings is 1. The van der Waals surface area contributed by atoms with Gasteiger partial charge in [0.2, 0.25) is 15.8 Å². The molecule has 0 radical (unpaired) electrons. The Labute approximate surface area is 194 Å². The van der Waals surface area contributed by atoms with E-state index in [1.807, 2.05) is 35.7 Å². The van der Waals surface area contributed by atoms with Gasteiger partial charge in [-0.15, -0.1) is 0 Å². The van der Waals surface area contributed by atoms with Crippen molar-refractivity contribution in [3.05, 3.63) is 77.1 Å². The van der Waals surface area contributed by atoms with Crippen molar-refractivity contribution in [2.24, 2.45) is 0 Å².